The standard InChI is InChI=1S/C9H16N2/c1-8(2)5-9(8,7(10)11)6-3-4-6/h6H,3-5H2,1-2H3,(H3,10,11). The molecule has 0 heterocycles. The van der Waals surface area contributed by atoms with E-state index in [1.165, 1.54) is 12.8 Å². The highest BCUT2D eigenvalue weighted by Gasteiger charge is 2.69. The summed E-state index contributed by atoms with van der Waals surface area (Å²) in [6.45, 7) is 4.46. The van der Waals surface area contributed by atoms with Gasteiger partial charge in [-0.3, -0.25) is 5.41 Å². The van der Waals surface area contributed by atoms with Crippen molar-refractivity contribution < 1.29 is 0 Å². The van der Waals surface area contributed by atoms with Crippen LogP contribution in [0.5, 0.6) is 0 Å². The fourth-order valence-electron chi connectivity index (χ4n) is 2.61. The summed E-state index contributed by atoms with van der Waals surface area (Å²) in [5.41, 5.74) is 6.07. The second kappa shape index (κ2) is 1.62. The Hall–Kier alpha value is -0.530. The molecule has 1 atom stereocenters. The molecule has 0 aromatic heterocycles. The zero-order chi connectivity index (χ0) is 8.28. The molecule has 11 heavy (non-hydrogen) atoms. The minimum absolute atomic E-state index is 0.118. The second-order valence-corrected chi connectivity index (χ2v) is 4.72. The Labute approximate surface area is 67.7 Å². The normalized spacial score (nSPS) is 40.2. The van der Waals surface area contributed by atoms with Crippen LogP contribution in [0.1, 0.15) is 33.1 Å². The van der Waals surface area contributed by atoms with E-state index < -0.39 is 0 Å². The van der Waals surface area contributed by atoms with Gasteiger partial charge in [-0.15, -0.1) is 0 Å². The molecule has 0 aromatic rings. The third-order valence-corrected chi connectivity index (χ3v) is 3.56. The van der Waals surface area contributed by atoms with Crippen LogP contribution in [0.3, 0.4) is 0 Å². The van der Waals surface area contributed by atoms with Crippen molar-refractivity contribution in [2.45, 2.75) is 33.1 Å². The summed E-state index contributed by atoms with van der Waals surface area (Å²) >= 11 is 0. The number of amidine groups is 1. The first-order valence-electron chi connectivity index (χ1n) is 4.35. The summed E-state index contributed by atoms with van der Waals surface area (Å²) in [6.07, 6.45) is 3.73. The van der Waals surface area contributed by atoms with Gasteiger partial charge in [-0.25, -0.2) is 0 Å². The number of nitrogens with one attached hydrogen (secondary N) is 1. The van der Waals surface area contributed by atoms with Crippen LogP contribution in [0.25, 0.3) is 0 Å². The predicted molar refractivity (Wildman–Crippen MR) is 45.5 cm³/mol. The van der Waals surface area contributed by atoms with Crippen LogP contribution in [-0.4, -0.2) is 5.84 Å². The van der Waals surface area contributed by atoms with Gasteiger partial charge in [-0.2, -0.15) is 0 Å². The largest absolute Gasteiger partial charge is 0.387 e. The quantitative estimate of drug-likeness (QED) is 0.459. The average Bonchev–Trinajstić information content (AvgIpc) is 2.63. The van der Waals surface area contributed by atoms with Crippen LogP contribution in [0, 0.1) is 22.2 Å². The molecule has 0 saturated heterocycles. The van der Waals surface area contributed by atoms with Crippen LogP contribution < -0.4 is 5.73 Å². The third kappa shape index (κ3) is 0.700. The molecule has 62 valence electrons. The van der Waals surface area contributed by atoms with Gasteiger partial charge in [0.1, 0.15) is 0 Å². The Bertz CT molecular complexity index is 216. The van der Waals surface area contributed by atoms with Gasteiger partial charge in [0.2, 0.25) is 0 Å². The van der Waals surface area contributed by atoms with E-state index in [9.17, 15) is 0 Å². The first-order chi connectivity index (χ1) is 5.01. The Kier molecular flexibility index (Phi) is 1.05. The lowest BCUT2D eigenvalue weighted by atomic mass is 9.89. The van der Waals surface area contributed by atoms with Crippen molar-refractivity contribution in [1.82, 2.24) is 0 Å². The van der Waals surface area contributed by atoms with E-state index in [0.29, 0.717) is 11.3 Å². The maximum absolute atomic E-state index is 7.56. The zero-order valence-corrected chi connectivity index (χ0v) is 7.28. The van der Waals surface area contributed by atoms with Gasteiger partial charge in [0, 0.05) is 5.41 Å². The minimum atomic E-state index is 0.118. The number of rotatable bonds is 2. The molecule has 1 unspecified atom stereocenters. The van der Waals surface area contributed by atoms with Crippen LogP contribution in [0.2, 0.25) is 0 Å². The zero-order valence-electron chi connectivity index (χ0n) is 7.28. The molecule has 3 N–H and O–H groups in total. The first-order valence-corrected chi connectivity index (χ1v) is 4.35. The maximum atomic E-state index is 7.56. The molecule has 2 fully saturated rings. The summed E-state index contributed by atoms with van der Waals surface area (Å²) in [5.74, 6) is 1.18. The van der Waals surface area contributed by atoms with Gasteiger partial charge < -0.3 is 5.73 Å². The lowest BCUT2D eigenvalue weighted by Crippen LogP contribution is -2.29. The minimum Gasteiger partial charge on any atom is -0.387 e. The number of nitrogens with two attached hydrogens (primary N) is 1. The molecule has 0 spiro atoms. The first kappa shape index (κ1) is 7.14. The topological polar surface area (TPSA) is 49.9 Å². The van der Waals surface area contributed by atoms with Crippen molar-refractivity contribution in [1.29, 1.82) is 5.41 Å². The summed E-state index contributed by atoms with van der Waals surface area (Å²) in [6, 6.07) is 0. The van der Waals surface area contributed by atoms with Crippen molar-refractivity contribution in [3.05, 3.63) is 0 Å². The van der Waals surface area contributed by atoms with Crippen LogP contribution in [0.4, 0.5) is 0 Å². The number of hydrogen-bond donors (Lipinski definition) is 2. The molecule has 2 heteroatoms. The van der Waals surface area contributed by atoms with Crippen molar-refractivity contribution in [3.8, 4) is 0 Å². The summed E-state index contributed by atoms with van der Waals surface area (Å²) in [5, 5.41) is 7.56. The molecule has 0 radical (unpaired) electrons. The van der Waals surface area contributed by atoms with Gasteiger partial charge in [-0.05, 0) is 30.6 Å². The lowest BCUT2D eigenvalue weighted by Gasteiger charge is -2.17. The second-order valence-electron chi connectivity index (χ2n) is 4.72. The van der Waals surface area contributed by atoms with E-state index in [2.05, 4.69) is 13.8 Å². The molecule has 2 aliphatic carbocycles. The van der Waals surface area contributed by atoms with Crippen LogP contribution >= 0.6 is 0 Å². The third-order valence-electron chi connectivity index (χ3n) is 3.56. The fraction of sp³-hybridized carbons (Fsp3) is 0.889. The van der Waals surface area contributed by atoms with Gasteiger partial charge in [-0.1, -0.05) is 13.8 Å². The SMILES string of the molecule is CC1(C)CC1(C(=N)N)C1CC1. The number of hydrogen-bond acceptors (Lipinski definition) is 1. The van der Waals surface area contributed by atoms with E-state index in [0.717, 1.165) is 12.3 Å². The van der Waals surface area contributed by atoms with E-state index in [-0.39, 0.29) is 5.41 Å². The molecule has 2 saturated carbocycles. The Balaban J connectivity index is 2.24. The van der Waals surface area contributed by atoms with Gasteiger partial charge >= 0.3 is 0 Å². The van der Waals surface area contributed by atoms with E-state index in [4.69, 9.17) is 11.1 Å². The van der Waals surface area contributed by atoms with Gasteiger partial charge in [0.15, 0.2) is 0 Å². The van der Waals surface area contributed by atoms with Crippen molar-refractivity contribution in [2.24, 2.45) is 22.5 Å². The molecule has 2 nitrogen and oxygen atoms in total. The summed E-state index contributed by atoms with van der Waals surface area (Å²) in [7, 11) is 0. The van der Waals surface area contributed by atoms with Crippen molar-refractivity contribution >= 4 is 5.84 Å². The Morgan fingerprint density at radius 2 is 1.91 bits per heavy atom. The molecular weight excluding hydrogens is 136 g/mol. The average molecular weight is 152 g/mol. The fourth-order valence-corrected chi connectivity index (χ4v) is 2.61. The smallest absolute Gasteiger partial charge is 0.0977 e. The molecule has 2 aliphatic rings. The Morgan fingerprint density at radius 1 is 1.45 bits per heavy atom. The van der Waals surface area contributed by atoms with E-state index in [1.54, 1.807) is 0 Å². The predicted octanol–water partition coefficient (Wildman–Crippen LogP) is 1.75. The molecule has 0 amide bonds. The maximum Gasteiger partial charge on any atom is 0.0977 e. The molecule has 0 aromatic carbocycles. The summed E-state index contributed by atoms with van der Waals surface area (Å²) < 4.78 is 0. The Morgan fingerprint density at radius 3 is 2.00 bits per heavy atom. The highest BCUT2D eigenvalue weighted by molar-refractivity contribution is 5.88. The highest BCUT2D eigenvalue weighted by atomic mass is 14.9. The van der Waals surface area contributed by atoms with Gasteiger partial charge in [0.25, 0.3) is 0 Å². The monoisotopic (exact) mass is 152 g/mol. The van der Waals surface area contributed by atoms with Crippen LogP contribution in [-0.2, 0) is 0 Å². The molecule has 2 rings (SSSR count). The molecular formula is C9H16N2. The highest BCUT2D eigenvalue weighted by Crippen LogP contribution is 2.72. The van der Waals surface area contributed by atoms with E-state index >= 15 is 0 Å². The molecule has 0 aliphatic heterocycles. The van der Waals surface area contributed by atoms with Crippen molar-refractivity contribution in [2.75, 3.05) is 0 Å². The summed E-state index contributed by atoms with van der Waals surface area (Å²) in [4.78, 5) is 0. The van der Waals surface area contributed by atoms with E-state index in [1.807, 2.05) is 0 Å². The van der Waals surface area contributed by atoms with Crippen molar-refractivity contribution in [3.63, 3.8) is 0 Å². The van der Waals surface area contributed by atoms with Gasteiger partial charge in [0.05, 0.1) is 5.84 Å². The van der Waals surface area contributed by atoms with Crippen LogP contribution in [0.15, 0.2) is 0 Å². The lowest BCUT2D eigenvalue weighted by molar-refractivity contribution is 0.439. The molecule has 0 bridgehead atoms.